The van der Waals surface area contributed by atoms with Crippen molar-refractivity contribution in [1.29, 1.82) is 0 Å². The lowest BCUT2D eigenvalue weighted by molar-refractivity contribution is -0.116. The van der Waals surface area contributed by atoms with Crippen molar-refractivity contribution in [2.45, 2.75) is 17.7 Å². The van der Waals surface area contributed by atoms with E-state index < -0.39 is 5.38 Å². The Labute approximate surface area is 185 Å². The van der Waals surface area contributed by atoms with E-state index in [1.807, 2.05) is 90.7 Å². The molecule has 30 heavy (non-hydrogen) atoms. The van der Waals surface area contributed by atoms with Gasteiger partial charge in [-0.25, -0.2) is 0 Å². The third-order valence-corrected chi connectivity index (χ3v) is 6.67. The van der Waals surface area contributed by atoms with Gasteiger partial charge in [0.15, 0.2) is 0 Å². The van der Waals surface area contributed by atoms with Crippen LogP contribution in [0.2, 0.25) is 0 Å². The van der Waals surface area contributed by atoms with E-state index >= 15 is 0 Å². The number of halogens is 1. The van der Waals surface area contributed by atoms with Crippen LogP contribution in [0.5, 0.6) is 0 Å². The van der Waals surface area contributed by atoms with Gasteiger partial charge in [-0.2, -0.15) is 0 Å². The Bertz CT molecular complexity index is 1070. The predicted molar refractivity (Wildman–Crippen MR) is 124 cm³/mol. The first-order valence-electron chi connectivity index (χ1n) is 9.64. The minimum Gasteiger partial charge on any atom is -0.324 e. The highest BCUT2D eigenvalue weighted by molar-refractivity contribution is 8.00. The van der Waals surface area contributed by atoms with Crippen LogP contribution in [0.25, 0.3) is 0 Å². The van der Waals surface area contributed by atoms with E-state index in [2.05, 4.69) is 5.32 Å². The maximum atomic E-state index is 12.6. The summed E-state index contributed by atoms with van der Waals surface area (Å²) in [5.41, 5.74) is 4.32. The first-order chi connectivity index (χ1) is 14.5. The van der Waals surface area contributed by atoms with E-state index in [1.54, 1.807) is 11.8 Å². The van der Waals surface area contributed by atoms with Crippen LogP contribution in [0, 0.1) is 6.92 Å². The highest BCUT2D eigenvalue weighted by atomic mass is 35.5. The number of carbonyl (C=O) groups is 2. The van der Waals surface area contributed by atoms with Crippen LogP contribution >= 0.6 is 23.4 Å². The molecule has 1 saturated heterocycles. The quantitative estimate of drug-likeness (QED) is 0.522. The molecular weight excluding hydrogens is 416 g/mol. The van der Waals surface area contributed by atoms with Crippen molar-refractivity contribution >= 4 is 46.6 Å². The SMILES string of the molecule is Cc1ccccc1N1C(=O)CS[C@H]1c1cccc(NC(=O)[C@@H](Cl)c2ccccc2)c1. The molecule has 2 atom stereocenters. The van der Waals surface area contributed by atoms with Gasteiger partial charge in [-0.05, 0) is 41.8 Å². The predicted octanol–water partition coefficient (Wildman–Crippen LogP) is 5.69. The third-order valence-electron chi connectivity index (χ3n) is 5.00. The maximum absolute atomic E-state index is 12.6. The minimum atomic E-state index is -0.777. The number of alkyl halides is 1. The number of hydrogen-bond donors (Lipinski definition) is 1. The summed E-state index contributed by atoms with van der Waals surface area (Å²) in [4.78, 5) is 27.1. The van der Waals surface area contributed by atoms with Gasteiger partial charge in [-0.15, -0.1) is 23.4 Å². The number of amides is 2. The fraction of sp³-hybridized carbons (Fsp3) is 0.167. The Morgan fingerprint density at radius 3 is 2.57 bits per heavy atom. The van der Waals surface area contributed by atoms with Crippen LogP contribution in [0.15, 0.2) is 78.9 Å². The van der Waals surface area contributed by atoms with E-state index in [4.69, 9.17) is 11.6 Å². The zero-order chi connectivity index (χ0) is 21.1. The summed E-state index contributed by atoms with van der Waals surface area (Å²) in [6, 6.07) is 24.7. The molecule has 1 fully saturated rings. The molecule has 0 spiro atoms. The zero-order valence-corrected chi connectivity index (χ0v) is 18.0. The van der Waals surface area contributed by atoms with Crippen LogP contribution in [0.4, 0.5) is 11.4 Å². The Kier molecular flexibility index (Phi) is 6.11. The molecule has 0 saturated carbocycles. The van der Waals surface area contributed by atoms with E-state index in [0.29, 0.717) is 11.4 Å². The van der Waals surface area contributed by atoms with Crippen molar-refractivity contribution in [3.8, 4) is 0 Å². The Hall–Kier alpha value is -2.76. The molecule has 6 heteroatoms. The van der Waals surface area contributed by atoms with Gasteiger partial charge in [0.05, 0.1) is 5.75 Å². The molecule has 1 N–H and O–H groups in total. The highest BCUT2D eigenvalue weighted by Crippen LogP contribution is 2.43. The normalized spacial score (nSPS) is 17.1. The van der Waals surface area contributed by atoms with Gasteiger partial charge in [-0.3, -0.25) is 14.5 Å². The summed E-state index contributed by atoms with van der Waals surface area (Å²) in [5, 5.41) is 1.98. The summed E-state index contributed by atoms with van der Waals surface area (Å²) in [6.45, 7) is 2.00. The second-order valence-electron chi connectivity index (χ2n) is 7.10. The number of thioether (sulfide) groups is 1. The number of carbonyl (C=O) groups excluding carboxylic acids is 2. The largest absolute Gasteiger partial charge is 0.324 e. The standard InChI is InChI=1S/C24H21ClN2O2S/c1-16-8-5-6-13-20(16)27-21(28)15-30-24(27)18-11-7-12-19(14-18)26-23(29)22(25)17-9-3-2-4-10-17/h2-14,22,24H,15H2,1H3,(H,26,29)/t22-,24-/m0/s1. The van der Waals surface area contributed by atoms with Crippen molar-refractivity contribution in [3.05, 3.63) is 95.6 Å². The van der Waals surface area contributed by atoms with Crippen LogP contribution in [0.1, 0.15) is 27.4 Å². The number of hydrogen-bond acceptors (Lipinski definition) is 3. The van der Waals surface area contributed by atoms with Crippen molar-refractivity contribution in [1.82, 2.24) is 0 Å². The van der Waals surface area contributed by atoms with Gasteiger partial charge in [0, 0.05) is 11.4 Å². The molecule has 3 aromatic rings. The smallest absolute Gasteiger partial charge is 0.246 e. The van der Waals surface area contributed by atoms with Gasteiger partial charge in [0.2, 0.25) is 11.8 Å². The summed E-state index contributed by atoms with van der Waals surface area (Å²) in [6.07, 6.45) is 0. The van der Waals surface area contributed by atoms with E-state index in [9.17, 15) is 9.59 Å². The molecule has 4 nitrogen and oxygen atoms in total. The topological polar surface area (TPSA) is 49.4 Å². The van der Waals surface area contributed by atoms with Crippen LogP contribution in [0.3, 0.4) is 0 Å². The average molecular weight is 437 g/mol. The molecule has 0 radical (unpaired) electrons. The monoisotopic (exact) mass is 436 g/mol. The summed E-state index contributed by atoms with van der Waals surface area (Å²) in [5.74, 6) is 0.220. The molecule has 0 unspecified atom stereocenters. The molecule has 0 aromatic heterocycles. The second-order valence-corrected chi connectivity index (χ2v) is 8.61. The van der Waals surface area contributed by atoms with Gasteiger partial charge >= 0.3 is 0 Å². The zero-order valence-electron chi connectivity index (χ0n) is 16.4. The highest BCUT2D eigenvalue weighted by Gasteiger charge is 2.34. The Morgan fingerprint density at radius 2 is 1.80 bits per heavy atom. The van der Waals surface area contributed by atoms with Crippen LogP contribution in [-0.4, -0.2) is 17.6 Å². The van der Waals surface area contributed by atoms with Gasteiger partial charge in [0.25, 0.3) is 0 Å². The van der Waals surface area contributed by atoms with Gasteiger partial charge in [0.1, 0.15) is 10.8 Å². The van der Waals surface area contributed by atoms with E-state index in [1.165, 1.54) is 0 Å². The Morgan fingerprint density at radius 1 is 1.07 bits per heavy atom. The lowest BCUT2D eigenvalue weighted by Crippen LogP contribution is -2.28. The number of nitrogens with zero attached hydrogens (tertiary/aromatic N) is 1. The van der Waals surface area contributed by atoms with E-state index in [-0.39, 0.29) is 17.2 Å². The van der Waals surface area contributed by atoms with Crippen molar-refractivity contribution in [2.24, 2.45) is 0 Å². The number of aryl methyl sites for hydroxylation is 1. The minimum absolute atomic E-state index is 0.0821. The number of benzene rings is 3. The molecule has 1 aliphatic rings. The fourth-order valence-corrected chi connectivity index (χ4v) is 4.87. The molecule has 0 aliphatic carbocycles. The summed E-state index contributed by atoms with van der Waals surface area (Å²) >= 11 is 7.93. The first kappa shape index (κ1) is 20.5. The van der Waals surface area contributed by atoms with Gasteiger partial charge in [-0.1, -0.05) is 60.7 Å². The van der Waals surface area contributed by atoms with Crippen molar-refractivity contribution in [3.63, 3.8) is 0 Å². The summed E-state index contributed by atoms with van der Waals surface area (Å²) < 4.78 is 0. The van der Waals surface area contributed by atoms with Gasteiger partial charge < -0.3 is 5.32 Å². The molecule has 1 aliphatic heterocycles. The number of rotatable bonds is 5. The Balaban J connectivity index is 1.56. The van der Waals surface area contributed by atoms with Crippen LogP contribution in [-0.2, 0) is 9.59 Å². The fourth-order valence-electron chi connectivity index (χ4n) is 3.51. The number of anilines is 2. The molecule has 1 heterocycles. The summed E-state index contributed by atoms with van der Waals surface area (Å²) in [7, 11) is 0. The molecular formula is C24H21ClN2O2S. The van der Waals surface area contributed by atoms with Crippen LogP contribution < -0.4 is 10.2 Å². The average Bonchev–Trinajstić information content (AvgIpc) is 3.15. The van der Waals surface area contributed by atoms with Crippen molar-refractivity contribution in [2.75, 3.05) is 16.0 Å². The second kappa shape index (κ2) is 8.94. The molecule has 4 rings (SSSR count). The molecule has 0 bridgehead atoms. The van der Waals surface area contributed by atoms with E-state index in [0.717, 1.165) is 22.4 Å². The third kappa shape index (κ3) is 4.23. The molecule has 2 amide bonds. The number of para-hydroxylation sites is 1. The maximum Gasteiger partial charge on any atom is 0.246 e. The number of nitrogens with one attached hydrogen (secondary N) is 1. The molecule has 3 aromatic carbocycles. The lowest BCUT2D eigenvalue weighted by Gasteiger charge is -2.26. The first-order valence-corrected chi connectivity index (χ1v) is 11.1. The lowest BCUT2D eigenvalue weighted by atomic mass is 10.1. The van der Waals surface area contributed by atoms with Crippen molar-refractivity contribution < 1.29 is 9.59 Å². The molecule has 152 valence electrons.